The Balaban J connectivity index is 2.33. The summed E-state index contributed by atoms with van der Waals surface area (Å²) < 4.78 is 0. The molecule has 2 fully saturated rings. The van der Waals surface area contributed by atoms with Crippen LogP contribution in [0.3, 0.4) is 0 Å². The van der Waals surface area contributed by atoms with Crippen LogP contribution in [0.25, 0.3) is 0 Å². The zero-order valence-corrected chi connectivity index (χ0v) is 7.46. The fourth-order valence-corrected chi connectivity index (χ4v) is 2.48. The molecule has 5 heteroatoms. The number of aliphatic hydroxyl groups is 4. The van der Waals surface area contributed by atoms with Gasteiger partial charge in [-0.2, -0.15) is 0 Å². The lowest BCUT2D eigenvalue weighted by atomic mass is 9.97. The van der Waals surface area contributed by atoms with Crippen molar-refractivity contribution >= 4 is 0 Å². The monoisotopic (exact) mass is 189 g/mol. The smallest absolute Gasteiger partial charge is 0.149 e. The summed E-state index contributed by atoms with van der Waals surface area (Å²) in [5, 5.41) is 38.5. The first kappa shape index (κ1) is 9.36. The molecule has 5 nitrogen and oxygen atoms in total. The standard InChI is InChI=1S/C8H15NO4/c1-9-5-2-4(10)3-8(9,13)7(12)6(5)11/h4-7,10-13H,2-3H2,1H3/t4-,5+,6-,7-,8+/m1/s1. The molecule has 2 aliphatic rings. The molecule has 2 rings (SSSR count). The Morgan fingerprint density at radius 2 is 1.92 bits per heavy atom. The summed E-state index contributed by atoms with van der Waals surface area (Å²) in [7, 11) is 1.65. The van der Waals surface area contributed by atoms with Crippen LogP contribution in [0.5, 0.6) is 0 Å². The van der Waals surface area contributed by atoms with Gasteiger partial charge in [0.25, 0.3) is 0 Å². The van der Waals surface area contributed by atoms with Crippen LogP contribution in [0.2, 0.25) is 0 Å². The van der Waals surface area contributed by atoms with Gasteiger partial charge in [0.15, 0.2) is 0 Å². The lowest BCUT2D eigenvalue weighted by Crippen LogP contribution is -2.55. The lowest BCUT2D eigenvalue weighted by Gasteiger charge is -2.40. The number of piperidine rings is 1. The molecular weight excluding hydrogens is 174 g/mol. The fraction of sp³-hybridized carbons (Fsp3) is 1.00. The first-order chi connectivity index (χ1) is 5.97. The predicted molar refractivity (Wildman–Crippen MR) is 43.8 cm³/mol. The van der Waals surface area contributed by atoms with Gasteiger partial charge in [0.2, 0.25) is 0 Å². The summed E-state index contributed by atoms with van der Waals surface area (Å²) in [6.45, 7) is 0. The van der Waals surface area contributed by atoms with Crippen molar-refractivity contribution in [2.24, 2.45) is 0 Å². The van der Waals surface area contributed by atoms with E-state index in [4.69, 9.17) is 0 Å². The number of aliphatic hydroxyl groups excluding tert-OH is 3. The predicted octanol–water partition coefficient (Wildman–Crippen LogP) is -2.13. The van der Waals surface area contributed by atoms with Crippen molar-refractivity contribution in [3.8, 4) is 0 Å². The molecule has 13 heavy (non-hydrogen) atoms. The van der Waals surface area contributed by atoms with Crippen LogP contribution in [-0.2, 0) is 0 Å². The molecule has 2 saturated heterocycles. The normalized spacial score (nSPS) is 57.0. The van der Waals surface area contributed by atoms with Crippen LogP contribution in [0.4, 0.5) is 0 Å². The van der Waals surface area contributed by atoms with Gasteiger partial charge in [-0.1, -0.05) is 0 Å². The largest absolute Gasteiger partial charge is 0.393 e. The molecule has 2 aliphatic heterocycles. The third-order valence-electron chi connectivity index (χ3n) is 3.35. The lowest BCUT2D eigenvalue weighted by molar-refractivity contribution is -0.178. The summed E-state index contributed by atoms with van der Waals surface area (Å²) in [5.74, 6) is 0. The van der Waals surface area contributed by atoms with Gasteiger partial charge in [0.05, 0.1) is 12.2 Å². The summed E-state index contributed by atoms with van der Waals surface area (Å²) in [6, 6.07) is -0.344. The van der Waals surface area contributed by atoms with Crippen LogP contribution in [0.15, 0.2) is 0 Å². The summed E-state index contributed by atoms with van der Waals surface area (Å²) in [5.41, 5.74) is -1.46. The van der Waals surface area contributed by atoms with Gasteiger partial charge in [0.1, 0.15) is 11.8 Å². The van der Waals surface area contributed by atoms with E-state index in [1.54, 1.807) is 11.9 Å². The SMILES string of the molecule is CN1[C@H]2C[C@@H](O)C[C@]1(O)[C@H](O)[C@@H]2O. The average molecular weight is 189 g/mol. The number of likely N-dealkylation sites (N-methyl/N-ethyl adjacent to an activating group) is 1. The van der Waals surface area contributed by atoms with Crippen LogP contribution >= 0.6 is 0 Å². The maximum Gasteiger partial charge on any atom is 0.149 e. The van der Waals surface area contributed by atoms with Crippen LogP contribution in [0, 0.1) is 0 Å². The second-order valence-electron chi connectivity index (χ2n) is 4.09. The van der Waals surface area contributed by atoms with Gasteiger partial charge < -0.3 is 20.4 Å². The van der Waals surface area contributed by atoms with E-state index in [9.17, 15) is 20.4 Å². The topological polar surface area (TPSA) is 84.2 Å². The highest BCUT2D eigenvalue weighted by Crippen LogP contribution is 2.41. The van der Waals surface area contributed by atoms with E-state index in [1.165, 1.54) is 0 Å². The van der Waals surface area contributed by atoms with E-state index in [1.807, 2.05) is 0 Å². The number of nitrogens with zero attached hydrogens (tertiary/aromatic N) is 1. The maximum atomic E-state index is 9.96. The summed E-state index contributed by atoms with van der Waals surface area (Å²) in [4.78, 5) is 1.55. The highest BCUT2D eigenvalue weighted by atomic mass is 16.4. The van der Waals surface area contributed by atoms with Gasteiger partial charge >= 0.3 is 0 Å². The van der Waals surface area contributed by atoms with E-state index < -0.39 is 24.0 Å². The van der Waals surface area contributed by atoms with Gasteiger partial charge in [-0.3, -0.25) is 4.90 Å². The zero-order chi connectivity index (χ0) is 9.80. The van der Waals surface area contributed by atoms with Gasteiger partial charge in [-0.15, -0.1) is 0 Å². The minimum Gasteiger partial charge on any atom is -0.393 e. The third kappa shape index (κ3) is 1.05. The Hall–Kier alpha value is -0.200. The molecule has 0 unspecified atom stereocenters. The second kappa shape index (κ2) is 2.65. The molecule has 4 N–H and O–H groups in total. The quantitative estimate of drug-likeness (QED) is 0.350. The highest BCUT2D eigenvalue weighted by molar-refractivity contribution is 5.09. The molecule has 0 aliphatic carbocycles. The van der Waals surface area contributed by atoms with Crippen molar-refractivity contribution in [2.75, 3.05) is 7.05 Å². The Labute approximate surface area is 76.2 Å². The van der Waals surface area contributed by atoms with Crippen molar-refractivity contribution < 1.29 is 20.4 Å². The summed E-state index contributed by atoms with van der Waals surface area (Å²) >= 11 is 0. The Kier molecular flexibility index (Phi) is 1.91. The maximum absolute atomic E-state index is 9.96. The average Bonchev–Trinajstić information content (AvgIpc) is 2.20. The van der Waals surface area contributed by atoms with E-state index in [0.717, 1.165) is 0 Å². The van der Waals surface area contributed by atoms with Crippen molar-refractivity contribution in [3.05, 3.63) is 0 Å². The van der Waals surface area contributed by atoms with E-state index in [2.05, 4.69) is 0 Å². The van der Waals surface area contributed by atoms with Crippen molar-refractivity contribution in [3.63, 3.8) is 0 Å². The molecule has 0 amide bonds. The van der Waals surface area contributed by atoms with Crippen LogP contribution in [-0.4, -0.2) is 62.5 Å². The fourth-order valence-electron chi connectivity index (χ4n) is 2.48. The van der Waals surface area contributed by atoms with Crippen molar-refractivity contribution in [1.82, 2.24) is 4.90 Å². The van der Waals surface area contributed by atoms with Crippen molar-refractivity contribution in [1.29, 1.82) is 0 Å². The molecule has 0 aromatic carbocycles. The molecule has 0 aromatic rings. The molecule has 76 valence electrons. The minimum absolute atomic E-state index is 0.0955. The Morgan fingerprint density at radius 3 is 2.46 bits per heavy atom. The Bertz CT molecular complexity index is 218. The van der Waals surface area contributed by atoms with Gasteiger partial charge in [0, 0.05) is 12.5 Å². The molecule has 2 heterocycles. The second-order valence-corrected chi connectivity index (χ2v) is 4.09. The number of rotatable bonds is 0. The van der Waals surface area contributed by atoms with E-state index >= 15 is 0 Å². The molecule has 5 atom stereocenters. The minimum atomic E-state index is -1.46. The summed E-state index contributed by atoms with van der Waals surface area (Å²) in [6.07, 6.45) is -2.29. The van der Waals surface area contributed by atoms with Crippen LogP contribution < -0.4 is 0 Å². The molecule has 0 radical (unpaired) electrons. The van der Waals surface area contributed by atoms with Crippen LogP contribution in [0.1, 0.15) is 12.8 Å². The number of hydrogen-bond acceptors (Lipinski definition) is 5. The van der Waals surface area contributed by atoms with Crippen molar-refractivity contribution in [2.45, 2.75) is 42.9 Å². The Morgan fingerprint density at radius 1 is 1.31 bits per heavy atom. The van der Waals surface area contributed by atoms with Gasteiger partial charge in [-0.05, 0) is 13.5 Å². The molecule has 0 saturated carbocycles. The molecule has 2 bridgehead atoms. The van der Waals surface area contributed by atoms with E-state index in [0.29, 0.717) is 6.42 Å². The third-order valence-corrected chi connectivity index (χ3v) is 3.35. The molecule has 0 aromatic heterocycles. The number of fused-ring (bicyclic) bond motifs is 2. The zero-order valence-electron chi connectivity index (χ0n) is 7.46. The first-order valence-corrected chi connectivity index (χ1v) is 4.46. The first-order valence-electron chi connectivity index (χ1n) is 4.46. The van der Waals surface area contributed by atoms with Gasteiger partial charge in [-0.25, -0.2) is 0 Å². The number of hydrogen-bond donors (Lipinski definition) is 4. The highest BCUT2D eigenvalue weighted by Gasteiger charge is 2.59. The molecular formula is C8H15NO4. The van der Waals surface area contributed by atoms with E-state index in [-0.39, 0.29) is 12.5 Å². The molecule has 0 spiro atoms.